The molecule has 0 aromatic heterocycles. The molecule has 0 aliphatic carbocycles. The van der Waals surface area contributed by atoms with Crippen LogP contribution in [0.2, 0.25) is 0 Å². The van der Waals surface area contributed by atoms with E-state index >= 15 is 0 Å². The second-order valence-corrected chi connectivity index (χ2v) is 2.43. The van der Waals surface area contributed by atoms with Gasteiger partial charge in [-0.05, 0) is 0 Å². The van der Waals surface area contributed by atoms with Crippen molar-refractivity contribution in [1.29, 1.82) is 0 Å². The van der Waals surface area contributed by atoms with Crippen LogP contribution in [0.4, 0.5) is 0 Å². The molecule has 12 heavy (non-hydrogen) atoms. The van der Waals surface area contributed by atoms with Crippen molar-refractivity contribution >= 4 is 0 Å². The molecule has 2 unspecified atom stereocenters. The predicted molar refractivity (Wildman–Crippen MR) is 36.3 cm³/mol. The largest absolute Gasteiger partial charge is 0.506 e. The van der Waals surface area contributed by atoms with E-state index in [4.69, 9.17) is 25.5 Å². The van der Waals surface area contributed by atoms with Crippen molar-refractivity contribution in [1.82, 2.24) is 0 Å². The Labute approximate surface area is 68.0 Å². The quantitative estimate of drug-likeness (QED) is 0.348. The lowest BCUT2D eigenvalue weighted by molar-refractivity contribution is -0.134. The molecule has 0 aromatic rings. The monoisotopic (exact) mass is 178 g/mol. The van der Waals surface area contributed by atoms with Crippen LogP contribution in [0.15, 0.2) is 11.5 Å². The highest BCUT2D eigenvalue weighted by molar-refractivity contribution is 5.13. The number of hydrogen-bond acceptors (Lipinski definition) is 6. The van der Waals surface area contributed by atoms with Crippen LogP contribution in [-0.2, 0) is 4.74 Å². The smallest absolute Gasteiger partial charge is 0.218 e. The van der Waals surface area contributed by atoms with E-state index < -0.39 is 36.6 Å². The van der Waals surface area contributed by atoms with Crippen molar-refractivity contribution in [2.75, 3.05) is 6.61 Å². The molecular formula is C6H10O6. The molecule has 0 amide bonds. The first kappa shape index (κ1) is 9.27. The second-order valence-electron chi connectivity index (χ2n) is 2.43. The second kappa shape index (κ2) is 3.28. The standard InChI is InChI=1S/C6H10O6/c7-1-2(8)5-3(9)4(10)6(11)12-5/h2,5-11H,1H2/t2?,5?,6-/m1/s1. The Morgan fingerprint density at radius 1 is 1.33 bits per heavy atom. The molecule has 0 radical (unpaired) electrons. The van der Waals surface area contributed by atoms with E-state index in [1.54, 1.807) is 0 Å². The van der Waals surface area contributed by atoms with Crippen molar-refractivity contribution in [3.63, 3.8) is 0 Å². The highest BCUT2D eigenvalue weighted by atomic mass is 16.6. The summed E-state index contributed by atoms with van der Waals surface area (Å²) >= 11 is 0. The Morgan fingerprint density at radius 2 is 1.92 bits per heavy atom. The summed E-state index contributed by atoms with van der Waals surface area (Å²) in [7, 11) is 0. The maximum atomic E-state index is 9.00. The van der Waals surface area contributed by atoms with E-state index in [1.807, 2.05) is 0 Å². The first-order valence-electron chi connectivity index (χ1n) is 3.32. The van der Waals surface area contributed by atoms with Gasteiger partial charge in [-0.2, -0.15) is 0 Å². The lowest BCUT2D eigenvalue weighted by Crippen LogP contribution is -2.32. The van der Waals surface area contributed by atoms with E-state index in [-0.39, 0.29) is 0 Å². The minimum absolute atomic E-state index is 0.630. The van der Waals surface area contributed by atoms with E-state index in [1.165, 1.54) is 0 Å². The molecule has 0 bridgehead atoms. The molecule has 0 saturated carbocycles. The van der Waals surface area contributed by atoms with Gasteiger partial charge in [0.05, 0.1) is 6.61 Å². The number of ether oxygens (including phenoxy) is 1. The Morgan fingerprint density at radius 3 is 2.25 bits per heavy atom. The van der Waals surface area contributed by atoms with Crippen LogP contribution < -0.4 is 0 Å². The maximum absolute atomic E-state index is 9.00. The summed E-state index contributed by atoms with van der Waals surface area (Å²) in [6.07, 6.45) is -4.24. The van der Waals surface area contributed by atoms with Gasteiger partial charge in [-0.15, -0.1) is 0 Å². The fourth-order valence-corrected chi connectivity index (χ4v) is 0.909. The molecule has 70 valence electrons. The molecule has 0 fully saturated rings. The van der Waals surface area contributed by atoms with E-state index in [0.29, 0.717) is 0 Å². The lowest BCUT2D eigenvalue weighted by Gasteiger charge is -2.15. The van der Waals surface area contributed by atoms with E-state index in [2.05, 4.69) is 4.74 Å². The molecule has 1 aliphatic rings. The Hall–Kier alpha value is -0.820. The summed E-state index contributed by atoms with van der Waals surface area (Å²) in [5.41, 5.74) is 0. The van der Waals surface area contributed by atoms with Crippen LogP contribution in [0.3, 0.4) is 0 Å². The van der Waals surface area contributed by atoms with Crippen molar-refractivity contribution in [2.45, 2.75) is 18.5 Å². The van der Waals surface area contributed by atoms with Crippen LogP contribution in [0.1, 0.15) is 0 Å². The zero-order chi connectivity index (χ0) is 9.30. The molecule has 0 aromatic carbocycles. The number of rotatable bonds is 2. The third-order valence-corrected chi connectivity index (χ3v) is 1.58. The first-order valence-corrected chi connectivity index (χ1v) is 3.32. The summed E-state index contributed by atoms with van der Waals surface area (Å²) in [4.78, 5) is 0. The van der Waals surface area contributed by atoms with Crippen LogP contribution in [-0.4, -0.2) is 50.6 Å². The average molecular weight is 178 g/mol. The fraction of sp³-hybridized carbons (Fsp3) is 0.667. The zero-order valence-electron chi connectivity index (χ0n) is 6.08. The van der Waals surface area contributed by atoms with Gasteiger partial charge >= 0.3 is 0 Å². The van der Waals surface area contributed by atoms with Gasteiger partial charge in [0.15, 0.2) is 11.5 Å². The lowest BCUT2D eigenvalue weighted by atomic mass is 10.2. The van der Waals surface area contributed by atoms with E-state index in [0.717, 1.165) is 0 Å². The van der Waals surface area contributed by atoms with Crippen molar-refractivity contribution in [3.05, 3.63) is 11.5 Å². The number of aliphatic hydroxyl groups is 5. The molecular weight excluding hydrogens is 168 g/mol. The Kier molecular flexibility index (Phi) is 2.53. The fourth-order valence-electron chi connectivity index (χ4n) is 0.909. The van der Waals surface area contributed by atoms with Gasteiger partial charge in [0.1, 0.15) is 12.2 Å². The zero-order valence-corrected chi connectivity index (χ0v) is 6.08. The average Bonchev–Trinajstić information content (AvgIpc) is 2.32. The van der Waals surface area contributed by atoms with Gasteiger partial charge in [-0.25, -0.2) is 0 Å². The van der Waals surface area contributed by atoms with Crippen molar-refractivity contribution < 1.29 is 30.3 Å². The van der Waals surface area contributed by atoms with Gasteiger partial charge in [0, 0.05) is 0 Å². The predicted octanol–water partition coefficient (Wildman–Crippen LogP) is -1.62. The van der Waals surface area contributed by atoms with Crippen LogP contribution in [0, 0.1) is 0 Å². The minimum atomic E-state index is -1.63. The van der Waals surface area contributed by atoms with Gasteiger partial charge in [0.2, 0.25) is 6.29 Å². The molecule has 6 heteroatoms. The Bertz CT molecular complexity index is 200. The highest BCUT2D eigenvalue weighted by Gasteiger charge is 2.37. The SMILES string of the molecule is OCC(O)C1O[C@@H](O)C(O)=C1O. The summed E-state index contributed by atoms with van der Waals surface area (Å²) in [6, 6.07) is 0. The molecule has 6 nitrogen and oxygen atoms in total. The Balaban J connectivity index is 2.73. The third-order valence-electron chi connectivity index (χ3n) is 1.58. The highest BCUT2D eigenvalue weighted by Crippen LogP contribution is 2.24. The van der Waals surface area contributed by atoms with Crippen molar-refractivity contribution in [3.8, 4) is 0 Å². The molecule has 1 aliphatic heterocycles. The summed E-state index contributed by atoms with van der Waals surface area (Å²) < 4.78 is 4.51. The molecule has 5 N–H and O–H groups in total. The van der Waals surface area contributed by atoms with E-state index in [9.17, 15) is 0 Å². The summed E-state index contributed by atoms with van der Waals surface area (Å²) in [5, 5.41) is 44.1. The maximum Gasteiger partial charge on any atom is 0.218 e. The minimum Gasteiger partial charge on any atom is -0.506 e. The first-order chi connectivity index (χ1) is 5.57. The summed E-state index contributed by atoms with van der Waals surface area (Å²) in [5.74, 6) is -1.38. The van der Waals surface area contributed by atoms with Crippen molar-refractivity contribution in [2.24, 2.45) is 0 Å². The molecule has 1 heterocycles. The van der Waals surface area contributed by atoms with Crippen LogP contribution in [0.25, 0.3) is 0 Å². The molecule has 1 rings (SSSR count). The normalized spacial score (nSPS) is 32.6. The van der Waals surface area contributed by atoms with Gasteiger partial charge < -0.3 is 30.3 Å². The third kappa shape index (κ3) is 1.37. The van der Waals surface area contributed by atoms with Gasteiger partial charge in [-0.1, -0.05) is 0 Å². The topological polar surface area (TPSA) is 110 Å². The molecule has 3 atom stereocenters. The molecule has 0 spiro atoms. The summed E-state index contributed by atoms with van der Waals surface area (Å²) in [6.45, 7) is -0.630. The number of hydrogen-bond donors (Lipinski definition) is 5. The van der Waals surface area contributed by atoms with Gasteiger partial charge in [0.25, 0.3) is 0 Å². The van der Waals surface area contributed by atoms with Crippen LogP contribution in [0.5, 0.6) is 0 Å². The molecule has 0 saturated heterocycles. The van der Waals surface area contributed by atoms with Gasteiger partial charge in [-0.3, -0.25) is 0 Å². The number of aliphatic hydroxyl groups excluding tert-OH is 5. The van der Waals surface area contributed by atoms with Crippen LogP contribution >= 0.6 is 0 Å².